The quantitative estimate of drug-likeness (QED) is 0.395. The van der Waals surface area contributed by atoms with Gasteiger partial charge in [-0.15, -0.1) is 0 Å². The number of ether oxygens (including phenoxy) is 2. The molecule has 0 bridgehead atoms. The first-order valence-electron chi connectivity index (χ1n) is 12.4. The van der Waals surface area contributed by atoms with E-state index in [2.05, 4.69) is 34.3 Å². The van der Waals surface area contributed by atoms with Gasteiger partial charge in [0.25, 0.3) is 5.91 Å². The summed E-state index contributed by atoms with van der Waals surface area (Å²) in [6.45, 7) is 5.19. The molecule has 0 saturated carbocycles. The highest BCUT2D eigenvalue weighted by molar-refractivity contribution is 5.94. The zero-order valence-corrected chi connectivity index (χ0v) is 20.8. The first-order chi connectivity index (χ1) is 17.6. The lowest BCUT2D eigenvalue weighted by atomic mass is 10.0. The van der Waals surface area contributed by atoms with Crippen molar-refractivity contribution in [3.8, 4) is 11.5 Å². The highest BCUT2D eigenvalue weighted by atomic mass is 16.5. The first-order valence-corrected chi connectivity index (χ1v) is 12.4. The molecule has 3 heterocycles. The molecule has 4 aromatic rings. The Hall–Kier alpha value is -3.84. The summed E-state index contributed by atoms with van der Waals surface area (Å²) in [6, 6.07) is 19.8. The normalized spacial score (nSPS) is 14.6. The van der Waals surface area contributed by atoms with Crippen LogP contribution in [0, 0.1) is 6.92 Å². The van der Waals surface area contributed by atoms with Crippen molar-refractivity contribution in [1.82, 2.24) is 19.6 Å². The molecule has 7 nitrogen and oxygen atoms in total. The van der Waals surface area contributed by atoms with Gasteiger partial charge in [0.2, 0.25) is 0 Å². The number of hydrogen-bond acceptors (Lipinski definition) is 5. The van der Waals surface area contributed by atoms with E-state index in [-0.39, 0.29) is 11.9 Å². The SMILES string of the molecule is COc1cccc(CN2CCC(NC(=O)c3cccc(OCc4cn5cc(C)ccc5n4)c3)CC2)c1. The van der Waals surface area contributed by atoms with E-state index in [0.29, 0.717) is 17.9 Å². The van der Waals surface area contributed by atoms with Crippen molar-refractivity contribution in [2.75, 3.05) is 20.2 Å². The summed E-state index contributed by atoms with van der Waals surface area (Å²) in [4.78, 5) is 19.9. The maximum atomic E-state index is 12.9. The summed E-state index contributed by atoms with van der Waals surface area (Å²) in [5, 5.41) is 3.21. The van der Waals surface area contributed by atoms with E-state index in [1.807, 2.05) is 59.3 Å². The van der Waals surface area contributed by atoms with Crippen molar-refractivity contribution in [3.63, 3.8) is 0 Å². The molecular weight excluding hydrogens is 452 g/mol. The average Bonchev–Trinajstić information content (AvgIpc) is 3.31. The number of pyridine rings is 1. The Morgan fingerprint density at radius 1 is 1.03 bits per heavy atom. The molecule has 1 amide bonds. The number of amides is 1. The average molecular weight is 485 g/mol. The van der Waals surface area contributed by atoms with E-state index in [4.69, 9.17) is 9.47 Å². The number of benzene rings is 2. The first kappa shape index (κ1) is 23.9. The molecule has 1 saturated heterocycles. The van der Waals surface area contributed by atoms with E-state index in [1.54, 1.807) is 13.2 Å². The van der Waals surface area contributed by atoms with Crippen LogP contribution in [0.25, 0.3) is 5.65 Å². The third kappa shape index (κ3) is 5.86. The van der Waals surface area contributed by atoms with Crippen molar-refractivity contribution in [3.05, 3.63) is 95.4 Å². The minimum atomic E-state index is -0.0603. The monoisotopic (exact) mass is 484 g/mol. The second kappa shape index (κ2) is 10.8. The van der Waals surface area contributed by atoms with E-state index < -0.39 is 0 Å². The van der Waals surface area contributed by atoms with E-state index in [9.17, 15) is 4.79 Å². The maximum absolute atomic E-state index is 12.9. The Morgan fingerprint density at radius 2 is 1.83 bits per heavy atom. The molecule has 2 aromatic carbocycles. The number of likely N-dealkylation sites (tertiary alicyclic amines) is 1. The number of piperidine rings is 1. The van der Waals surface area contributed by atoms with E-state index in [0.717, 1.165) is 49.6 Å². The van der Waals surface area contributed by atoms with Crippen LogP contribution in [0.4, 0.5) is 0 Å². The molecule has 1 aliphatic heterocycles. The minimum absolute atomic E-state index is 0.0603. The highest BCUT2D eigenvalue weighted by Crippen LogP contribution is 2.19. The van der Waals surface area contributed by atoms with Crippen LogP contribution >= 0.6 is 0 Å². The lowest BCUT2D eigenvalue weighted by Gasteiger charge is -2.32. The molecule has 2 aromatic heterocycles. The van der Waals surface area contributed by atoms with Gasteiger partial charge < -0.3 is 19.2 Å². The van der Waals surface area contributed by atoms with Crippen LogP contribution < -0.4 is 14.8 Å². The van der Waals surface area contributed by atoms with Crippen molar-refractivity contribution < 1.29 is 14.3 Å². The zero-order valence-electron chi connectivity index (χ0n) is 20.8. The minimum Gasteiger partial charge on any atom is -0.497 e. The number of imidazole rings is 1. The molecule has 1 N–H and O–H groups in total. The van der Waals surface area contributed by atoms with Gasteiger partial charge in [-0.1, -0.05) is 24.3 Å². The van der Waals surface area contributed by atoms with Crippen LogP contribution in [0.15, 0.2) is 73.1 Å². The smallest absolute Gasteiger partial charge is 0.251 e. The van der Waals surface area contributed by atoms with Crippen LogP contribution in [-0.2, 0) is 13.2 Å². The van der Waals surface area contributed by atoms with E-state index in [1.165, 1.54) is 11.1 Å². The fourth-order valence-corrected chi connectivity index (χ4v) is 4.64. The standard InChI is InChI=1S/C29H32N4O3/c1-21-9-10-28-30-25(19-33(28)17-21)20-36-27-8-4-6-23(16-27)29(34)31-24-11-13-32(14-12-24)18-22-5-3-7-26(15-22)35-2/h3-10,15-17,19,24H,11-14,18,20H2,1-2H3,(H,31,34). The summed E-state index contributed by atoms with van der Waals surface area (Å²) in [5.41, 5.74) is 4.76. The fourth-order valence-electron chi connectivity index (χ4n) is 4.64. The molecular formula is C29H32N4O3. The van der Waals surface area contributed by atoms with Crippen LogP contribution in [0.5, 0.6) is 11.5 Å². The molecule has 7 heteroatoms. The third-order valence-electron chi connectivity index (χ3n) is 6.59. The largest absolute Gasteiger partial charge is 0.497 e. The van der Waals surface area contributed by atoms with Gasteiger partial charge in [-0.25, -0.2) is 4.98 Å². The van der Waals surface area contributed by atoms with Gasteiger partial charge in [0.1, 0.15) is 23.8 Å². The Labute approximate surface area is 211 Å². The van der Waals surface area contributed by atoms with Gasteiger partial charge in [0, 0.05) is 43.6 Å². The molecule has 5 rings (SSSR count). The number of carbonyl (C=O) groups excluding carboxylic acids is 1. The Bertz CT molecular complexity index is 1340. The lowest BCUT2D eigenvalue weighted by molar-refractivity contribution is 0.0908. The topological polar surface area (TPSA) is 68.1 Å². The number of carbonyl (C=O) groups is 1. The fraction of sp³-hybridized carbons (Fsp3) is 0.310. The van der Waals surface area contributed by atoms with Crippen LogP contribution in [0.3, 0.4) is 0 Å². The second-order valence-electron chi connectivity index (χ2n) is 9.40. The number of rotatable bonds is 8. The summed E-state index contributed by atoms with van der Waals surface area (Å²) in [5.74, 6) is 1.48. The molecule has 0 atom stereocenters. The van der Waals surface area contributed by atoms with Gasteiger partial charge in [-0.05, 0) is 67.3 Å². The highest BCUT2D eigenvalue weighted by Gasteiger charge is 2.21. The molecule has 0 unspecified atom stereocenters. The molecule has 0 spiro atoms. The number of nitrogens with one attached hydrogen (secondary N) is 1. The van der Waals surface area contributed by atoms with Crippen molar-refractivity contribution in [2.45, 2.75) is 39.0 Å². The molecule has 1 aliphatic rings. The number of hydrogen-bond donors (Lipinski definition) is 1. The molecule has 0 aliphatic carbocycles. The van der Waals surface area contributed by atoms with Gasteiger partial charge in [-0.3, -0.25) is 9.69 Å². The predicted molar refractivity (Wildman–Crippen MR) is 139 cm³/mol. The summed E-state index contributed by atoms with van der Waals surface area (Å²) in [6.07, 6.45) is 5.87. The van der Waals surface area contributed by atoms with Crippen LogP contribution in [-0.4, -0.2) is 46.4 Å². The Kier molecular flexibility index (Phi) is 7.18. The summed E-state index contributed by atoms with van der Waals surface area (Å²) >= 11 is 0. The van der Waals surface area contributed by atoms with Gasteiger partial charge in [-0.2, -0.15) is 0 Å². The van der Waals surface area contributed by atoms with Crippen LogP contribution in [0.2, 0.25) is 0 Å². The maximum Gasteiger partial charge on any atom is 0.251 e. The zero-order chi connectivity index (χ0) is 24.9. The molecule has 186 valence electrons. The number of fused-ring (bicyclic) bond motifs is 1. The predicted octanol–water partition coefficient (Wildman–Crippen LogP) is 4.62. The molecule has 1 fully saturated rings. The third-order valence-corrected chi connectivity index (χ3v) is 6.59. The lowest BCUT2D eigenvalue weighted by Crippen LogP contribution is -2.44. The van der Waals surface area contributed by atoms with Gasteiger partial charge >= 0.3 is 0 Å². The second-order valence-corrected chi connectivity index (χ2v) is 9.40. The van der Waals surface area contributed by atoms with Gasteiger partial charge in [0.05, 0.1) is 12.8 Å². The van der Waals surface area contributed by atoms with E-state index >= 15 is 0 Å². The van der Waals surface area contributed by atoms with Gasteiger partial charge in [0.15, 0.2) is 0 Å². The molecule has 0 radical (unpaired) electrons. The summed E-state index contributed by atoms with van der Waals surface area (Å²) < 4.78 is 13.3. The van der Waals surface area contributed by atoms with Crippen molar-refractivity contribution in [1.29, 1.82) is 0 Å². The number of nitrogens with zero attached hydrogens (tertiary/aromatic N) is 3. The number of aryl methyl sites for hydroxylation is 1. The van der Waals surface area contributed by atoms with Crippen molar-refractivity contribution >= 4 is 11.6 Å². The number of methoxy groups -OCH3 is 1. The van der Waals surface area contributed by atoms with Crippen molar-refractivity contribution in [2.24, 2.45) is 0 Å². The molecule has 36 heavy (non-hydrogen) atoms. The van der Waals surface area contributed by atoms with Crippen LogP contribution in [0.1, 0.15) is 40.0 Å². The number of aromatic nitrogens is 2. The Morgan fingerprint density at radius 3 is 2.67 bits per heavy atom. The Balaban J connectivity index is 1.12. The summed E-state index contributed by atoms with van der Waals surface area (Å²) in [7, 11) is 1.69.